The minimum atomic E-state index is -0.809. The summed E-state index contributed by atoms with van der Waals surface area (Å²) >= 11 is 0. The average molecular weight is 294 g/mol. The van der Waals surface area contributed by atoms with Crippen molar-refractivity contribution < 1.29 is 9.00 Å². The second-order valence-corrected chi connectivity index (χ2v) is 6.87. The summed E-state index contributed by atoms with van der Waals surface area (Å²) in [6, 6.07) is 7.85. The Labute approximate surface area is 122 Å². The second kappa shape index (κ2) is 6.99. The number of hydrogen-bond donors (Lipinski definition) is 2. The van der Waals surface area contributed by atoms with Gasteiger partial charge >= 0.3 is 0 Å². The van der Waals surface area contributed by atoms with Crippen molar-refractivity contribution >= 4 is 16.7 Å². The Balaban J connectivity index is 1.98. The molecule has 0 saturated carbocycles. The van der Waals surface area contributed by atoms with E-state index in [2.05, 4.69) is 16.7 Å². The lowest BCUT2D eigenvalue weighted by atomic mass is 9.94. The van der Waals surface area contributed by atoms with Crippen LogP contribution < -0.4 is 10.6 Å². The van der Waals surface area contributed by atoms with Crippen LogP contribution in [0, 0.1) is 0 Å². The van der Waals surface area contributed by atoms with Gasteiger partial charge in [0.15, 0.2) is 0 Å². The van der Waals surface area contributed by atoms with E-state index in [1.165, 1.54) is 5.56 Å². The zero-order valence-electron chi connectivity index (χ0n) is 12.0. The van der Waals surface area contributed by atoms with Gasteiger partial charge in [-0.15, -0.1) is 0 Å². The number of carbonyl (C=O) groups excluding carboxylic acids is 1. The molecule has 4 nitrogen and oxygen atoms in total. The van der Waals surface area contributed by atoms with Gasteiger partial charge in [-0.2, -0.15) is 0 Å². The number of amides is 1. The summed E-state index contributed by atoms with van der Waals surface area (Å²) in [6.07, 6.45) is 3.39. The van der Waals surface area contributed by atoms with E-state index in [9.17, 15) is 9.00 Å². The summed E-state index contributed by atoms with van der Waals surface area (Å²) in [5.41, 5.74) is 2.32. The Hall–Kier alpha value is -1.20. The van der Waals surface area contributed by atoms with Crippen molar-refractivity contribution in [2.75, 3.05) is 18.6 Å². The predicted octanol–water partition coefficient (Wildman–Crippen LogP) is 1.15. The van der Waals surface area contributed by atoms with Crippen LogP contribution >= 0.6 is 0 Å². The van der Waals surface area contributed by atoms with Gasteiger partial charge < -0.3 is 10.6 Å². The van der Waals surface area contributed by atoms with Crippen molar-refractivity contribution in [3.8, 4) is 0 Å². The molecule has 0 radical (unpaired) electrons. The molecule has 20 heavy (non-hydrogen) atoms. The highest BCUT2D eigenvalue weighted by atomic mass is 32.2. The minimum Gasteiger partial charge on any atom is -0.352 e. The van der Waals surface area contributed by atoms with Crippen LogP contribution in [0.4, 0.5) is 0 Å². The van der Waals surface area contributed by atoms with E-state index in [1.54, 1.807) is 6.26 Å². The maximum absolute atomic E-state index is 12.4. The fourth-order valence-corrected chi connectivity index (χ4v) is 3.17. The van der Waals surface area contributed by atoms with Gasteiger partial charge in [0.2, 0.25) is 5.91 Å². The van der Waals surface area contributed by atoms with Gasteiger partial charge in [-0.3, -0.25) is 9.00 Å². The summed E-state index contributed by atoms with van der Waals surface area (Å²) < 4.78 is 11.1. The maximum atomic E-state index is 12.4. The third-order valence-corrected chi connectivity index (χ3v) is 4.41. The lowest BCUT2D eigenvalue weighted by Gasteiger charge is -2.27. The molecule has 0 fully saturated rings. The number of nitrogens with one attached hydrogen (secondary N) is 2. The molecule has 2 N–H and O–H groups in total. The molecule has 1 aromatic rings. The van der Waals surface area contributed by atoms with E-state index in [0.717, 1.165) is 24.9 Å². The molecule has 110 valence electrons. The number of fused-ring (bicyclic) bond motifs is 1. The number of carbonyl (C=O) groups is 1. The summed E-state index contributed by atoms with van der Waals surface area (Å²) in [5, 5.41) is 6.28. The van der Waals surface area contributed by atoms with Crippen LogP contribution in [-0.2, 0) is 22.0 Å². The molecule has 1 aromatic carbocycles. The molecule has 1 heterocycles. The van der Waals surface area contributed by atoms with Gasteiger partial charge in [-0.25, -0.2) is 0 Å². The summed E-state index contributed by atoms with van der Waals surface area (Å²) in [6.45, 7) is 2.78. The highest BCUT2D eigenvalue weighted by molar-refractivity contribution is 7.84. The number of hydrogen-bond acceptors (Lipinski definition) is 3. The first-order valence-corrected chi connectivity index (χ1v) is 8.72. The van der Waals surface area contributed by atoms with Crippen LogP contribution in [-0.4, -0.2) is 34.7 Å². The fourth-order valence-electron chi connectivity index (χ4n) is 2.48. The summed E-state index contributed by atoms with van der Waals surface area (Å²) in [5.74, 6) is 0.627. The van der Waals surface area contributed by atoms with E-state index in [4.69, 9.17) is 0 Å². The lowest BCUT2D eigenvalue weighted by molar-refractivity contribution is -0.124. The SMILES string of the molecule is CC(CCS(C)=O)NC(=O)C1NCCc2ccccc21. The van der Waals surface area contributed by atoms with Crippen molar-refractivity contribution in [1.82, 2.24) is 10.6 Å². The first-order valence-electron chi connectivity index (χ1n) is 6.99. The molecule has 0 bridgehead atoms. The predicted molar refractivity (Wildman–Crippen MR) is 82.0 cm³/mol. The van der Waals surface area contributed by atoms with Crippen LogP contribution in [0.15, 0.2) is 24.3 Å². The van der Waals surface area contributed by atoms with E-state index >= 15 is 0 Å². The lowest BCUT2D eigenvalue weighted by Crippen LogP contribution is -2.44. The molecule has 3 unspecified atom stereocenters. The molecule has 0 aliphatic carbocycles. The van der Waals surface area contributed by atoms with Crippen LogP contribution in [0.25, 0.3) is 0 Å². The van der Waals surface area contributed by atoms with Crippen LogP contribution in [0.1, 0.15) is 30.5 Å². The Kier molecular flexibility index (Phi) is 5.31. The zero-order chi connectivity index (χ0) is 14.5. The summed E-state index contributed by atoms with van der Waals surface area (Å²) in [7, 11) is -0.809. The van der Waals surface area contributed by atoms with Gasteiger partial charge in [-0.05, 0) is 30.9 Å². The normalized spacial score (nSPS) is 20.8. The fraction of sp³-hybridized carbons (Fsp3) is 0.533. The molecular formula is C15H22N2O2S. The molecule has 0 saturated heterocycles. The molecule has 2 rings (SSSR count). The largest absolute Gasteiger partial charge is 0.352 e. The van der Waals surface area contributed by atoms with Crippen molar-refractivity contribution in [2.45, 2.75) is 31.8 Å². The Morgan fingerprint density at radius 2 is 2.25 bits per heavy atom. The van der Waals surface area contributed by atoms with Gasteiger partial charge in [0, 0.05) is 35.4 Å². The van der Waals surface area contributed by atoms with E-state index in [-0.39, 0.29) is 18.0 Å². The highest BCUT2D eigenvalue weighted by Gasteiger charge is 2.26. The van der Waals surface area contributed by atoms with Gasteiger partial charge in [-0.1, -0.05) is 24.3 Å². The number of rotatable bonds is 5. The molecule has 0 spiro atoms. The smallest absolute Gasteiger partial charge is 0.241 e. The van der Waals surface area contributed by atoms with E-state index in [1.807, 2.05) is 25.1 Å². The molecule has 1 aliphatic rings. The highest BCUT2D eigenvalue weighted by Crippen LogP contribution is 2.22. The van der Waals surface area contributed by atoms with Crippen LogP contribution in [0.2, 0.25) is 0 Å². The molecular weight excluding hydrogens is 272 g/mol. The topological polar surface area (TPSA) is 58.2 Å². The Bertz CT molecular complexity index is 504. The average Bonchev–Trinajstić information content (AvgIpc) is 2.44. The molecule has 1 amide bonds. The second-order valence-electron chi connectivity index (χ2n) is 5.31. The minimum absolute atomic E-state index is 0.00605. The van der Waals surface area contributed by atoms with Crippen LogP contribution in [0.3, 0.4) is 0 Å². The molecule has 1 aliphatic heterocycles. The maximum Gasteiger partial charge on any atom is 0.241 e. The monoisotopic (exact) mass is 294 g/mol. The van der Waals surface area contributed by atoms with E-state index in [0.29, 0.717) is 5.75 Å². The van der Waals surface area contributed by atoms with Crippen molar-refractivity contribution in [1.29, 1.82) is 0 Å². The Morgan fingerprint density at radius 1 is 1.50 bits per heavy atom. The van der Waals surface area contributed by atoms with Gasteiger partial charge in [0.1, 0.15) is 6.04 Å². The van der Waals surface area contributed by atoms with Gasteiger partial charge in [0.05, 0.1) is 0 Å². The first-order chi connectivity index (χ1) is 9.58. The standard InChI is InChI=1S/C15H22N2O2S/c1-11(8-10-20(2)19)17-15(18)14-13-6-4-3-5-12(13)7-9-16-14/h3-6,11,14,16H,7-10H2,1-2H3,(H,17,18). The van der Waals surface area contributed by atoms with Crippen molar-refractivity contribution in [3.63, 3.8) is 0 Å². The van der Waals surface area contributed by atoms with Crippen molar-refractivity contribution in [2.24, 2.45) is 0 Å². The number of benzene rings is 1. The first kappa shape index (κ1) is 15.2. The zero-order valence-corrected chi connectivity index (χ0v) is 12.8. The summed E-state index contributed by atoms with van der Waals surface area (Å²) in [4.78, 5) is 12.4. The molecule has 3 atom stereocenters. The molecule has 0 aromatic heterocycles. The molecule has 5 heteroatoms. The third kappa shape index (κ3) is 3.90. The van der Waals surface area contributed by atoms with Crippen molar-refractivity contribution in [3.05, 3.63) is 35.4 Å². The Morgan fingerprint density at radius 3 is 3.00 bits per heavy atom. The van der Waals surface area contributed by atoms with Gasteiger partial charge in [0.25, 0.3) is 0 Å². The quantitative estimate of drug-likeness (QED) is 0.856. The van der Waals surface area contributed by atoms with Crippen LogP contribution in [0.5, 0.6) is 0 Å². The van der Waals surface area contributed by atoms with E-state index < -0.39 is 10.8 Å². The third-order valence-electron chi connectivity index (χ3n) is 3.60.